The maximum absolute atomic E-state index is 5.20. The number of aliphatic imine (C=N–C) groups is 1. The molecule has 0 amide bonds. The summed E-state index contributed by atoms with van der Waals surface area (Å²) in [6.07, 6.45) is 1.65. The van der Waals surface area contributed by atoms with Gasteiger partial charge in [0.15, 0.2) is 5.96 Å². The third-order valence-electron chi connectivity index (χ3n) is 1.92. The predicted molar refractivity (Wildman–Crippen MR) is 63.4 cm³/mol. The van der Waals surface area contributed by atoms with Crippen LogP contribution in [0.4, 0.5) is 0 Å². The van der Waals surface area contributed by atoms with Crippen LogP contribution < -0.4 is 10.6 Å². The molecule has 0 saturated heterocycles. The standard InChI is InChI=1S/C11H19N3O2/c1-3-12-11(13-6-8-15-2)14-9-10-5-4-7-16-10/h4-5,7H,3,6,8-9H2,1-2H3,(H2,12,13,14). The lowest BCUT2D eigenvalue weighted by atomic mass is 10.4. The van der Waals surface area contributed by atoms with E-state index in [1.807, 2.05) is 19.1 Å². The zero-order valence-electron chi connectivity index (χ0n) is 9.82. The molecule has 5 nitrogen and oxygen atoms in total. The molecule has 1 heterocycles. The van der Waals surface area contributed by atoms with E-state index in [0.29, 0.717) is 13.2 Å². The van der Waals surface area contributed by atoms with Crippen molar-refractivity contribution in [2.24, 2.45) is 4.99 Å². The molecule has 0 aromatic carbocycles. The first-order chi connectivity index (χ1) is 7.86. The van der Waals surface area contributed by atoms with Crippen LogP contribution in [0.1, 0.15) is 12.7 Å². The number of hydrogen-bond donors (Lipinski definition) is 2. The van der Waals surface area contributed by atoms with Gasteiger partial charge < -0.3 is 19.8 Å². The van der Waals surface area contributed by atoms with Gasteiger partial charge in [0.05, 0.1) is 12.9 Å². The van der Waals surface area contributed by atoms with Crippen LogP contribution >= 0.6 is 0 Å². The zero-order valence-corrected chi connectivity index (χ0v) is 9.82. The number of rotatable bonds is 6. The summed E-state index contributed by atoms with van der Waals surface area (Å²) in [4.78, 5) is 4.37. The van der Waals surface area contributed by atoms with Crippen molar-refractivity contribution in [3.05, 3.63) is 24.2 Å². The van der Waals surface area contributed by atoms with E-state index in [-0.39, 0.29) is 0 Å². The maximum atomic E-state index is 5.20. The highest BCUT2D eigenvalue weighted by Gasteiger charge is 1.97. The van der Waals surface area contributed by atoms with E-state index in [0.717, 1.165) is 24.8 Å². The van der Waals surface area contributed by atoms with E-state index < -0.39 is 0 Å². The van der Waals surface area contributed by atoms with Crippen molar-refractivity contribution in [3.63, 3.8) is 0 Å². The van der Waals surface area contributed by atoms with Crippen molar-refractivity contribution >= 4 is 5.96 Å². The molecule has 1 rings (SSSR count). The van der Waals surface area contributed by atoms with Crippen molar-refractivity contribution in [1.82, 2.24) is 10.6 Å². The number of furan rings is 1. The first-order valence-electron chi connectivity index (χ1n) is 5.40. The molecule has 0 fully saturated rings. The van der Waals surface area contributed by atoms with E-state index in [4.69, 9.17) is 9.15 Å². The van der Waals surface area contributed by atoms with Gasteiger partial charge in [-0.3, -0.25) is 0 Å². The van der Waals surface area contributed by atoms with Gasteiger partial charge in [0.2, 0.25) is 0 Å². The van der Waals surface area contributed by atoms with E-state index in [1.54, 1.807) is 13.4 Å². The van der Waals surface area contributed by atoms with Gasteiger partial charge in [0, 0.05) is 20.2 Å². The largest absolute Gasteiger partial charge is 0.467 e. The predicted octanol–water partition coefficient (Wildman–Crippen LogP) is 0.981. The Hall–Kier alpha value is -1.49. The van der Waals surface area contributed by atoms with Crippen molar-refractivity contribution in [1.29, 1.82) is 0 Å². The third kappa shape index (κ3) is 4.84. The van der Waals surface area contributed by atoms with E-state index >= 15 is 0 Å². The number of nitrogens with one attached hydrogen (secondary N) is 2. The number of guanidine groups is 1. The highest BCUT2D eigenvalue weighted by atomic mass is 16.5. The van der Waals surface area contributed by atoms with Gasteiger partial charge in [0.25, 0.3) is 0 Å². The normalized spacial score (nSPS) is 11.5. The lowest BCUT2D eigenvalue weighted by molar-refractivity contribution is 0.203. The first kappa shape index (κ1) is 12.6. The van der Waals surface area contributed by atoms with Crippen LogP contribution in [0.5, 0.6) is 0 Å². The molecule has 90 valence electrons. The van der Waals surface area contributed by atoms with Gasteiger partial charge in [-0.05, 0) is 19.1 Å². The second-order valence-corrected chi connectivity index (χ2v) is 3.19. The zero-order chi connectivity index (χ0) is 11.6. The van der Waals surface area contributed by atoms with Gasteiger partial charge >= 0.3 is 0 Å². The van der Waals surface area contributed by atoms with Crippen molar-refractivity contribution in [2.45, 2.75) is 13.5 Å². The molecule has 0 radical (unpaired) electrons. The Balaban J connectivity index is 2.38. The quantitative estimate of drug-likeness (QED) is 0.430. The average molecular weight is 225 g/mol. The summed E-state index contributed by atoms with van der Waals surface area (Å²) in [6.45, 7) is 4.79. The summed E-state index contributed by atoms with van der Waals surface area (Å²) in [5, 5.41) is 6.30. The Morgan fingerprint density at radius 3 is 3.00 bits per heavy atom. The molecule has 5 heteroatoms. The monoisotopic (exact) mass is 225 g/mol. The molecule has 0 bridgehead atoms. The minimum atomic E-state index is 0.537. The fourth-order valence-corrected chi connectivity index (χ4v) is 1.17. The smallest absolute Gasteiger partial charge is 0.191 e. The van der Waals surface area contributed by atoms with Gasteiger partial charge in [0.1, 0.15) is 12.3 Å². The molecule has 0 unspecified atom stereocenters. The topological polar surface area (TPSA) is 58.8 Å². The molecule has 16 heavy (non-hydrogen) atoms. The number of ether oxygens (including phenoxy) is 1. The summed E-state index contributed by atoms with van der Waals surface area (Å²) in [6, 6.07) is 3.76. The highest BCUT2D eigenvalue weighted by molar-refractivity contribution is 5.79. The van der Waals surface area contributed by atoms with Crippen LogP contribution in [-0.4, -0.2) is 32.8 Å². The number of hydrogen-bond acceptors (Lipinski definition) is 3. The van der Waals surface area contributed by atoms with Crippen LogP contribution in [0.2, 0.25) is 0 Å². The second-order valence-electron chi connectivity index (χ2n) is 3.19. The Bertz CT molecular complexity index is 296. The molecule has 0 aliphatic carbocycles. The minimum Gasteiger partial charge on any atom is -0.467 e. The van der Waals surface area contributed by atoms with Crippen molar-refractivity contribution < 1.29 is 9.15 Å². The summed E-state index contributed by atoms with van der Waals surface area (Å²) in [5.41, 5.74) is 0. The summed E-state index contributed by atoms with van der Waals surface area (Å²) >= 11 is 0. The molecule has 0 atom stereocenters. The van der Waals surface area contributed by atoms with Crippen LogP contribution in [0.3, 0.4) is 0 Å². The summed E-state index contributed by atoms with van der Waals surface area (Å²) in [7, 11) is 1.68. The third-order valence-corrected chi connectivity index (χ3v) is 1.92. The van der Waals surface area contributed by atoms with E-state index in [1.165, 1.54) is 0 Å². The minimum absolute atomic E-state index is 0.537. The van der Waals surface area contributed by atoms with Gasteiger partial charge in [-0.25, -0.2) is 4.99 Å². The van der Waals surface area contributed by atoms with Crippen molar-refractivity contribution in [2.75, 3.05) is 26.8 Å². The molecular formula is C11H19N3O2. The molecule has 1 aromatic heterocycles. The Morgan fingerprint density at radius 2 is 2.38 bits per heavy atom. The first-order valence-corrected chi connectivity index (χ1v) is 5.40. The lowest BCUT2D eigenvalue weighted by Gasteiger charge is -2.10. The Morgan fingerprint density at radius 1 is 1.50 bits per heavy atom. The van der Waals surface area contributed by atoms with Gasteiger partial charge in [-0.2, -0.15) is 0 Å². The SMILES string of the molecule is CCNC(=NCc1ccco1)NCCOC. The Kier molecular flexibility index (Phi) is 6.10. The highest BCUT2D eigenvalue weighted by Crippen LogP contribution is 2.00. The second kappa shape index (κ2) is 7.76. The average Bonchev–Trinajstić information content (AvgIpc) is 2.79. The summed E-state index contributed by atoms with van der Waals surface area (Å²) in [5.74, 6) is 1.62. The van der Waals surface area contributed by atoms with Gasteiger partial charge in [-0.15, -0.1) is 0 Å². The van der Waals surface area contributed by atoms with Gasteiger partial charge in [-0.1, -0.05) is 0 Å². The van der Waals surface area contributed by atoms with E-state index in [9.17, 15) is 0 Å². The van der Waals surface area contributed by atoms with E-state index in [2.05, 4.69) is 15.6 Å². The van der Waals surface area contributed by atoms with Crippen LogP contribution in [0.25, 0.3) is 0 Å². The Labute approximate surface area is 95.9 Å². The van der Waals surface area contributed by atoms with Crippen LogP contribution in [0, 0.1) is 0 Å². The molecule has 2 N–H and O–H groups in total. The van der Waals surface area contributed by atoms with Crippen LogP contribution in [0.15, 0.2) is 27.8 Å². The fourth-order valence-electron chi connectivity index (χ4n) is 1.17. The lowest BCUT2D eigenvalue weighted by Crippen LogP contribution is -2.38. The van der Waals surface area contributed by atoms with Crippen molar-refractivity contribution in [3.8, 4) is 0 Å². The number of methoxy groups -OCH3 is 1. The molecular weight excluding hydrogens is 206 g/mol. The fraction of sp³-hybridized carbons (Fsp3) is 0.545. The molecule has 0 saturated carbocycles. The number of nitrogens with zero attached hydrogens (tertiary/aromatic N) is 1. The molecule has 0 spiro atoms. The molecule has 1 aromatic rings. The van der Waals surface area contributed by atoms with Crippen LogP contribution in [-0.2, 0) is 11.3 Å². The molecule has 0 aliphatic rings. The maximum Gasteiger partial charge on any atom is 0.191 e. The molecule has 0 aliphatic heterocycles. The summed E-state index contributed by atoms with van der Waals surface area (Å²) < 4.78 is 10.2.